The molecule has 0 bridgehead atoms. The van der Waals surface area contributed by atoms with Crippen LogP contribution in [0.1, 0.15) is 22.7 Å². The van der Waals surface area contributed by atoms with E-state index in [0.717, 1.165) is 27.7 Å². The van der Waals surface area contributed by atoms with Gasteiger partial charge < -0.3 is 5.32 Å². The van der Waals surface area contributed by atoms with Gasteiger partial charge in [0.1, 0.15) is 0 Å². The van der Waals surface area contributed by atoms with E-state index in [1.165, 1.54) is 12.1 Å². The van der Waals surface area contributed by atoms with Gasteiger partial charge in [0.15, 0.2) is 0 Å². The van der Waals surface area contributed by atoms with Crippen LogP contribution < -0.4 is 5.32 Å². The summed E-state index contributed by atoms with van der Waals surface area (Å²) in [7, 11) is 1.75. The summed E-state index contributed by atoms with van der Waals surface area (Å²) in [6.45, 7) is 0. The summed E-state index contributed by atoms with van der Waals surface area (Å²) >= 11 is 3.33. The van der Waals surface area contributed by atoms with Crippen molar-refractivity contribution in [1.29, 1.82) is 0 Å². The fourth-order valence-corrected chi connectivity index (χ4v) is 2.36. The quantitative estimate of drug-likeness (QED) is 0.903. The summed E-state index contributed by atoms with van der Waals surface area (Å²) in [5.74, 6) is 0. The third-order valence-electron chi connectivity index (χ3n) is 2.92. The molecular formula is C14H12BrF3N2. The zero-order valence-electron chi connectivity index (χ0n) is 10.6. The highest BCUT2D eigenvalue weighted by molar-refractivity contribution is 9.10. The van der Waals surface area contributed by atoms with Crippen LogP contribution in [0.4, 0.5) is 13.2 Å². The van der Waals surface area contributed by atoms with Crippen LogP contribution in [0.2, 0.25) is 0 Å². The Morgan fingerprint density at radius 3 is 2.25 bits per heavy atom. The van der Waals surface area contributed by atoms with Gasteiger partial charge in [0.05, 0.1) is 11.6 Å². The maximum atomic E-state index is 12.5. The van der Waals surface area contributed by atoms with Gasteiger partial charge in [0, 0.05) is 16.9 Å². The number of hydrogen-bond donors (Lipinski definition) is 1. The Balaban J connectivity index is 2.33. The lowest BCUT2D eigenvalue weighted by Crippen LogP contribution is -2.18. The Bertz CT molecular complexity index is 582. The van der Waals surface area contributed by atoms with E-state index in [0.29, 0.717) is 0 Å². The minimum Gasteiger partial charge on any atom is -0.309 e. The van der Waals surface area contributed by atoms with Crippen molar-refractivity contribution in [1.82, 2.24) is 10.3 Å². The first-order chi connectivity index (χ1) is 9.41. The number of alkyl halides is 3. The monoisotopic (exact) mass is 344 g/mol. The van der Waals surface area contributed by atoms with Gasteiger partial charge in [-0.15, -0.1) is 0 Å². The van der Waals surface area contributed by atoms with E-state index >= 15 is 0 Å². The number of hydrogen-bond acceptors (Lipinski definition) is 2. The molecule has 1 atom stereocenters. The highest BCUT2D eigenvalue weighted by atomic mass is 79.9. The van der Waals surface area contributed by atoms with Crippen molar-refractivity contribution in [3.8, 4) is 0 Å². The summed E-state index contributed by atoms with van der Waals surface area (Å²) in [6.07, 6.45) is -0.975. The van der Waals surface area contributed by atoms with E-state index in [1.807, 2.05) is 6.07 Å². The molecule has 0 saturated heterocycles. The van der Waals surface area contributed by atoms with Crippen LogP contribution >= 0.6 is 15.9 Å². The van der Waals surface area contributed by atoms with Crippen LogP contribution in [0.15, 0.2) is 47.2 Å². The molecule has 0 saturated carbocycles. The zero-order chi connectivity index (χ0) is 14.8. The smallest absolute Gasteiger partial charge is 0.309 e. The van der Waals surface area contributed by atoms with Crippen LogP contribution in [-0.2, 0) is 6.18 Å². The highest BCUT2D eigenvalue weighted by Crippen LogP contribution is 2.31. The average molecular weight is 345 g/mol. The molecule has 2 aromatic rings. The van der Waals surface area contributed by atoms with E-state index in [4.69, 9.17) is 0 Å². The minimum atomic E-state index is -4.31. The fraction of sp³-hybridized carbons (Fsp3) is 0.214. The maximum Gasteiger partial charge on any atom is 0.416 e. The summed E-state index contributed by atoms with van der Waals surface area (Å²) < 4.78 is 38.5. The molecule has 0 aliphatic rings. The van der Waals surface area contributed by atoms with Crippen molar-refractivity contribution >= 4 is 15.9 Å². The topological polar surface area (TPSA) is 24.9 Å². The van der Waals surface area contributed by atoms with Crippen molar-refractivity contribution in [2.24, 2.45) is 0 Å². The van der Waals surface area contributed by atoms with Gasteiger partial charge in [-0.3, -0.25) is 4.98 Å². The fourth-order valence-electron chi connectivity index (χ4n) is 1.98. The molecule has 2 rings (SSSR count). The molecule has 1 aromatic heterocycles. The first kappa shape index (κ1) is 15.0. The molecule has 1 aromatic carbocycles. The van der Waals surface area contributed by atoms with Gasteiger partial charge in [-0.1, -0.05) is 12.1 Å². The number of nitrogens with zero attached hydrogens (tertiary/aromatic N) is 1. The minimum absolute atomic E-state index is 0.206. The second-order valence-electron chi connectivity index (χ2n) is 4.28. The third kappa shape index (κ3) is 3.37. The molecule has 106 valence electrons. The summed E-state index contributed by atoms with van der Waals surface area (Å²) in [5, 5.41) is 3.08. The Hall–Kier alpha value is -1.40. The van der Waals surface area contributed by atoms with Crippen LogP contribution in [0.5, 0.6) is 0 Å². The molecule has 0 radical (unpaired) electrons. The van der Waals surface area contributed by atoms with Crippen molar-refractivity contribution in [2.75, 3.05) is 7.05 Å². The van der Waals surface area contributed by atoms with Crippen molar-refractivity contribution in [2.45, 2.75) is 12.2 Å². The predicted octanol–water partition coefficient (Wildman–Crippen LogP) is 4.17. The average Bonchev–Trinajstić information content (AvgIpc) is 2.39. The molecule has 0 fully saturated rings. The Labute approximate surface area is 123 Å². The number of nitrogens with one attached hydrogen (secondary N) is 1. The lowest BCUT2D eigenvalue weighted by Gasteiger charge is -2.18. The number of aromatic nitrogens is 1. The van der Waals surface area contributed by atoms with Gasteiger partial charge in [-0.05, 0) is 52.3 Å². The molecule has 1 heterocycles. The summed E-state index contributed by atoms with van der Waals surface area (Å²) in [5.41, 5.74) is 0.977. The molecule has 0 amide bonds. The molecule has 0 spiro atoms. The van der Waals surface area contributed by atoms with E-state index in [2.05, 4.69) is 26.2 Å². The molecule has 1 N–H and O–H groups in total. The normalized spacial score (nSPS) is 13.2. The van der Waals surface area contributed by atoms with E-state index in [-0.39, 0.29) is 6.04 Å². The Kier molecular flexibility index (Phi) is 4.45. The van der Waals surface area contributed by atoms with E-state index in [9.17, 15) is 13.2 Å². The Morgan fingerprint density at radius 1 is 1.10 bits per heavy atom. The Morgan fingerprint density at radius 2 is 1.75 bits per heavy atom. The summed E-state index contributed by atoms with van der Waals surface area (Å²) in [4.78, 5) is 4.07. The molecule has 2 nitrogen and oxygen atoms in total. The molecule has 0 aliphatic heterocycles. The molecule has 20 heavy (non-hydrogen) atoms. The van der Waals surface area contributed by atoms with Gasteiger partial charge in [0.25, 0.3) is 0 Å². The van der Waals surface area contributed by atoms with Crippen molar-refractivity contribution < 1.29 is 13.2 Å². The first-order valence-electron chi connectivity index (χ1n) is 5.86. The van der Waals surface area contributed by atoms with Crippen molar-refractivity contribution in [3.05, 3.63) is 63.9 Å². The first-order valence-corrected chi connectivity index (χ1v) is 6.66. The van der Waals surface area contributed by atoms with Gasteiger partial charge in [-0.2, -0.15) is 13.2 Å². The van der Waals surface area contributed by atoms with Crippen LogP contribution in [-0.4, -0.2) is 12.0 Å². The number of pyridine rings is 1. The lowest BCUT2D eigenvalue weighted by molar-refractivity contribution is -0.137. The molecular weight excluding hydrogens is 333 g/mol. The second kappa shape index (κ2) is 5.93. The van der Waals surface area contributed by atoms with Gasteiger partial charge in [-0.25, -0.2) is 0 Å². The second-order valence-corrected chi connectivity index (χ2v) is 5.19. The molecule has 0 aliphatic carbocycles. The van der Waals surface area contributed by atoms with Crippen LogP contribution in [0, 0.1) is 0 Å². The van der Waals surface area contributed by atoms with Crippen LogP contribution in [0.25, 0.3) is 0 Å². The number of halogens is 4. The van der Waals surface area contributed by atoms with E-state index in [1.54, 1.807) is 19.4 Å². The van der Waals surface area contributed by atoms with E-state index < -0.39 is 11.7 Å². The SMILES string of the molecule is CNC(c1ccc(C(F)(F)F)cc1)c1cncc(Br)c1. The molecule has 1 unspecified atom stereocenters. The maximum absolute atomic E-state index is 12.5. The number of rotatable bonds is 3. The predicted molar refractivity (Wildman–Crippen MR) is 74.3 cm³/mol. The third-order valence-corrected chi connectivity index (χ3v) is 3.35. The van der Waals surface area contributed by atoms with Gasteiger partial charge >= 0.3 is 6.18 Å². The van der Waals surface area contributed by atoms with Gasteiger partial charge in [0.2, 0.25) is 0 Å². The number of benzene rings is 1. The largest absolute Gasteiger partial charge is 0.416 e. The zero-order valence-corrected chi connectivity index (χ0v) is 12.2. The highest BCUT2D eigenvalue weighted by Gasteiger charge is 2.30. The van der Waals surface area contributed by atoms with Crippen molar-refractivity contribution in [3.63, 3.8) is 0 Å². The standard InChI is InChI=1S/C14H12BrF3N2/c1-19-13(10-6-12(15)8-20-7-10)9-2-4-11(5-3-9)14(16,17)18/h2-8,13,19H,1H3. The molecule has 6 heteroatoms. The van der Waals surface area contributed by atoms with Crippen LogP contribution in [0.3, 0.4) is 0 Å². The lowest BCUT2D eigenvalue weighted by atomic mass is 9.99. The summed E-state index contributed by atoms with van der Waals surface area (Å²) in [6, 6.07) is 6.81.